The van der Waals surface area contributed by atoms with Crippen LogP contribution in [0.15, 0.2) is 122 Å². The van der Waals surface area contributed by atoms with Crippen molar-refractivity contribution in [3.63, 3.8) is 0 Å². The van der Waals surface area contributed by atoms with Crippen LogP contribution in [-0.2, 0) is 27.4 Å². The molecule has 0 atom stereocenters. The topological polar surface area (TPSA) is 300 Å². The van der Waals surface area contributed by atoms with E-state index in [-0.39, 0.29) is 73.6 Å². The minimum Gasteiger partial charge on any atom is -0.871 e. The summed E-state index contributed by atoms with van der Waals surface area (Å²) in [5, 5.41) is 91.5. The molecule has 0 aliphatic heterocycles. The number of nitrogens with zero attached hydrogens (tertiary/aromatic N) is 8. The van der Waals surface area contributed by atoms with Gasteiger partial charge in [-0.15, -0.1) is 15.3 Å². The molecule has 53 heavy (non-hydrogen) atoms. The summed E-state index contributed by atoms with van der Waals surface area (Å²) in [7, 11) is -3.98. The number of nitro groups is 2. The molecule has 0 unspecified atom stereocenters. The molecule has 267 valence electrons. The fraction of sp³-hybridized carbons (Fsp3) is 0.0312. The van der Waals surface area contributed by atoms with Crippen molar-refractivity contribution in [2.24, 2.45) is 25.6 Å². The van der Waals surface area contributed by atoms with E-state index >= 15 is 0 Å². The van der Waals surface area contributed by atoms with Crippen LogP contribution < -0.4 is 15.4 Å². The fourth-order valence-corrected chi connectivity index (χ4v) is 5.10. The number of phenolic OH excluding ortho intramolecular Hbond substituents is 2. The van der Waals surface area contributed by atoms with Crippen LogP contribution in [0.3, 0.4) is 0 Å². The van der Waals surface area contributed by atoms with Crippen molar-refractivity contribution >= 4 is 54.9 Å². The minimum atomic E-state index is -3.98. The molecule has 0 amide bonds. The smallest absolute Gasteiger partial charge is 0.871 e. The van der Waals surface area contributed by atoms with E-state index in [0.717, 1.165) is 34.3 Å². The van der Waals surface area contributed by atoms with Gasteiger partial charge in [0.05, 0.1) is 37.9 Å². The van der Waals surface area contributed by atoms with Crippen molar-refractivity contribution in [1.29, 1.82) is 0 Å². The number of aromatic hydroxyl groups is 2. The molecule has 1 heterocycles. The summed E-state index contributed by atoms with van der Waals surface area (Å²) < 4.78 is 23.9. The number of aryl methyl sites for hydroxylation is 1. The molecule has 0 saturated heterocycles. The van der Waals surface area contributed by atoms with Crippen LogP contribution in [0.5, 0.6) is 23.1 Å². The number of nitrogens with two attached hydrogens (primary N) is 1. The Bertz CT molecular complexity index is 2540. The number of nitro benzene ring substituents is 2. The predicted molar refractivity (Wildman–Crippen MR) is 180 cm³/mol. The number of phenols is 2. The summed E-state index contributed by atoms with van der Waals surface area (Å²) in [6.07, 6.45) is 0. The molecular weight excluding hydrogens is 754 g/mol. The Morgan fingerprint density at radius 1 is 0.736 bits per heavy atom. The molecule has 0 aliphatic carbocycles. The van der Waals surface area contributed by atoms with Gasteiger partial charge in [0, 0.05) is 29.5 Å². The van der Waals surface area contributed by atoms with Crippen molar-refractivity contribution in [1.82, 2.24) is 9.78 Å². The first-order valence-electron chi connectivity index (χ1n) is 14.5. The molecule has 5 aromatic carbocycles. The van der Waals surface area contributed by atoms with E-state index < -0.39 is 37.2 Å². The van der Waals surface area contributed by atoms with Crippen molar-refractivity contribution in [2.45, 2.75) is 11.8 Å². The van der Waals surface area contributed by atoms with E-state index in [1.54, 1.807) is 12.1 Å². The SMILES string of the molecule is Cc1nn(-c2cccc(S(N)(=O)=O)c2)c([O-])c1N=Nc1ccc([N+](=O)[O-])cc1[O-].O=[N+]([O-])c1ccc(N=Nc2c(O)ccc3ccccc23)c(O)c1.[Cr+3]. The number of azo groups is 2. The number of non-ortho nitro benzene ring substituents is 2. The summed E-state index contributed by atoms with van der Waals surface area (Å²) in [5.41, 5.74) is -0.349. The van der Waals surface area contributed by atoms with E-state index in [4.69, 9.17) is 5.14 Å². The van der Waals surface area contributed by atoms with Crippen LogP contribution in [0.25, 0.3) is 16.5 Å². The van der Waals surface area contributed by atoms with Crippen LogP contribution in [0.4, 0.5) is 34.1 Å². The van der Waals surface area contributed by atoms with Crippen molar-refractivity contribution in [3.8, 4) is 28.8 Å². The van der Waals surface area contributed by atoms with Crippen molar-refractivity contribution in [2.75, 3.05) is 0 Å². The van der Waals surface area contributed by atoms with Gasteiger partial charge in [-0.2, -0.15) is 10.2 Å². The van der Waals surface area contributed by atoms with Gasteiger partial charge < -0.3 is 20.4 Å². The second-order valence-corrected chi connectivity index (χ2v) is 12.1. The summed E-state index contributed by atoms with van der Waals surface area (Å²) in [6.45, 7) is 1.48. The Morgan fingerprint density at radius 3 is 2.00 bits per heavy atom. The average molecular weight is 778 g/mol. The van der Waals surface area contributed by atoms with E-state index in [1.165, 1.54) is 49.4 Å². The van der Waals surface area contributed by atoms with E-state index in [9.17, 15) is 49.1 Å². The molecule has 0 spiro atoms. The molecule has 19 nitrogen and oxygen atoms in total. The molecule has 0 aliphatic rings. The number of hydrogen-bond acceptors (Lipinski definition) is 15. The quantitative estimate of drug-likeness (QED) is 0.0932. The van der Waals surface area contributed by atoms with Gasteiger partial charge in [0.15, 0.2) is 0 Å². The zero-order valence-electron chi connectivity index (χ0n) is 26.9. The predicted octanol–water partition coefficient (Wildman–Crippen LogP) is 5.87. The number of primary sulfonamides is 1. The minimum absolute atomic E-state index is 0. The summed E-state index contributed by atoms with van der Waals surface area (Å²) in [4.78, 5) is 19.8. The van der Waals surface area contributed by atoms with Gasteiger partial charge in [0.1, 0.15) is 28.6 Å². The summed E-state index contributed by atoms with van der Waals surface area (Å²) >= 11 is 0. The molecule has 6 aromatic rings. The van der Waals surface area contributed by atoms with Crippen LogP contribution in [0, 0.1) is 27.2 Å². The summed E-state index contributed by atoms with van der Waals surface area (Å²) in [5.74, 6) is -1.84. The third kappa shape index (κ3) is 8.93. The standard InChI is InChI=1S/C16H14N6O6S.C16H11N3O4.Cr/c1-9-15(19-18-13-6-5-11(22(25)26)8-14(13)23)16(24)21(20-9)10-3-2-4-12(7-10)29(17,27)28;20-14-8-5-10-3-1-2-4-12(10)16(14)18-17-13-7-6-11(19(22)23)9-15(13)21;/h2-8,23-24H,1H3,(H2,17,27,28);1-9,20-21H;/q;;+3/p-2. The Balaban J connectivity index is 0.000000238. The van der Waals surface area contributed by atoms with Gasteiger partial charge in [-0.05, 0) is 48.7 Å². The first-order chi connectivity index (χ1) is 24.6. The monoisotopic (exact) mass is 777 g/mol. The van der Waals surface area contributed by atoms with E-state index in [0.29, 0.717) is 5.39 Å². The Morgan fingerprint density at radius 2 is 1.36 bits per heavy atom. The van der Waals surface area contributed by atoms with Gasteiger partial charge in [-0.25, -0.2) is 18.2 Å². The number of sulfonamides is 1. The molecule has 0 fully saturated rings. The van der Waals surface area contributed by atoms with Crippen LogP contribution in [0.2, 0.25) is 0 Å². The number of fused-ring (bicyclic) bond motifs is 1. The Kier molecular flexibility index (Phi) is 11.8. The second-order valence-electron chi connectivity index (χ2n) is 10.6. The molecular formula is C32H23CrN9O10S+. The molecule has 1 radical (unpaired) electrons. The van der Waals surface area contributed by atoms with Gasteiger partial charge in [-0.3, -0.25) is 20.2 Å². The third-order valence-electron chi connectivity index (χ3n) is 7.10. The molecule has 0 saturated carbocycles. The maximum Gasteiger partial charge on any atom is 3.00 e. The molecule has 21 heteroatoms. The molecule has 6 rings (SSSR count). The molecule has 4 N–H and O–H groups in total. The van der Waals surface area contributed by atoms with Gasteiger partial charge in [0.2, 0.25) is 10.0 Å². The molecule has 1 aromatic heterocycles. The molecule has 0 bridgehead atoms. The number of rotatable bonds is 8. The van der Waals surface area contributed by atoms with Crippen LogP contribution >= 0.6 is 0 Å². The van der Waals surface area contributed by atoms with Crippen molar-refractivity contribution in [3.05, 3.63) is 123 Å². The zero-order valence-corrected chi connectivity index (χ0v) is 29.0. The normalized spacial score (nSPS) is 11.3. The average Bonchev–Trinajstić information content (AvgIpc) is 3.39. The van der Waals surface area contributed by atoms with Gasteiger partial charge >= 0.3 is 17.4 Å². The Labute approximate surface area is 309 Å². The van der Waals surface area contributed by atoms with Gasteiger partial charge in [0.25, 0.3) is 11.4 Å². The van der Waals surface area contributed by atoms with E-state index in [2.05, 4.69) is 25.6 Å². The number of benzene rings is 5. The van der Waals surface area contributed by atoms with Crippen molar-refractivity contribution < 1.29 is 56.1 Å². The summed E-state index contributed by atoms with van der Waals surface area (Å²) in [6, 6.07) is 22.4. The zero-order chi connectivity index (χ0) is 37.7. The number of aromatic nitrogens is 2. The van der Waals surface area contributed by atoms with Crippen LogP contribution in [0.1, 0.15) is 5.69 Å². The first kappa shape index (κ1) is 39.0. The van der Waals surface area contributed by atoms with E-state index in [1.807, 2.05) is 18.2 Å². The number of hydrogen-bond donors (Lipinski definition) is 3. The van der Waals surface area contributed by atoms with Gasteiger partial charge in [-0.1, -0.05) is 42.1 Å². The third-order valence-corrected chi connectivity index (χ3v) is 8.01. The fourth-order valence-electron chi connectivity index (χ4n) is 4.55. The second kappa shape index (κ2) is 16.0. The Hall–Kier alpha value is -6.79. The largest absolute Gasteiger partial charge is 3.00 e. The van der Waals surface area contributed by atoms with Crippen LogP contribution in [-0.4, -0.2) is 38.3 Å². The first-order valence-corrected chi connectivity index (χ1v) is 16.1. The maximum atomic E-state index is 12.6. The maximum absolute atomic E-state index is 12.6.